The third kappa shape index (κ3) is 1.18. The quantitative estimate of drug-likeness (QED) is 0.554. The van der Waals surface area contributed by atoms with Crippen molar-refractivity contribution in [1.82, 2.24) is 0 Å². The second-order valence-corrected chi connectivity index (χ2v) is 4.15. The van der Waals surface area contributed by atoms with Crippen LogP contribution in [0, 0.1) is 6.92 Å². The predicted octanol–water partition coefficient (Wildman–Crippen LogP) is 4.18. The van der Waals surface area contributed by atoms with Crippen molar-refractivity contribution in [3.8, 4) is 0 Å². The number of thiol groups is 1. The molecule has 1 aromatic heterocycles. The van der Waals surface area contributed by atoms with Crippen molar-refractivity contribution in [3.63, 3.8) is 0 Å². The molecule has 0 fully saturated rings. The Morgan fingerprint density at radius 3 is 2.67 bits per heavy atom. The van der Waals surface area contributed by atoms with Crippen LogP contribution in [0.15, 0.2) is 45.7 Å². The highest BCUT2D eigenvalue weighted by Gasteiger charge is 2.09. The zero-order valence-electron chi connectivity index (χ0n) is 8.32. The van der Waals surface area contributed by atoms with Crippen molar-refractivity contribution in [2.75, 3.05) is 0 Å². The van der Waals surface area contributed by atoms with E-state index in [-0.39, 0.29) is 0 Å². The molecule has 0 atom stereocenters. The van der Waals surface area contributed by atoms with Crippen molar-refractivity contribution in [3.05, 3.63) is 42.0 Å². The third-order valence-electron chi connectivity index (χ3n) is 2.72. The highest BCUT2D eigenvalue weighted by molar-refractivity contribution is 7.80. The van der Waals surface area contributed by atoms with Crippen molar-refractivity contribution >= 4 is 34.6 Å². The lowest BCUT2D eigenvalue weighted by Crippen LogP contribution is -1.76. The van der Waals surface area contributed by atoms with Gasteiger partial charge in [-0.1, -0.05) is 24.3 Å². The van der Waals surface area contributed by atoms with Crippen LogP contribution in [-0.4, -0.2) is 0 Å². The fourth-order valence-corrected chi connectivity index (χ4v) is 2.21. The van der Waals surface area contributed by atoms with E-state index in [2.05, 4.69) is 25.6 Å². The summed E-state index contributed by atoms with van der Waals surface area (Å²) in [5, 5.41) is 2.26. The molecule has 0 amide bonds. The first-order valence-electron chi connectivity index (χ1n) is 4.87. The van der Waals surface area contributed by atoms with Crippen molar-refractivity contribution in [2.24, 2.45) is 0 Å². The molecule has 0 saturated heterocycles. The van der Waals surface area contributed by atoms with Crippen LogP contribution in [0.4, 0.5) is 0 Å². The van der Waals surface area contributed by atoms with Gasteiger partial charge in [0.15, 0.2) is 0 Å². The number of furan rings is 1. The first-order chi connectivity index (χ1) is 7.27. The van der Waals surface area contributed by atoms with E-state index in [0.717, 1.165) is 26.8 Å². The van der Waals surface area contributed by atoms with Gasteiger partial charge in [0.2, 0.25) is 0 Å². The highest BCUT2D eigenvalue weighted by Crippen LogP contribution is 2.34. The van der Waals surface area contributed by atoms with E-state index < -0.39 is 0 Å². The van der Waals surface area contributed by atoms with Crippen LogP contribution in [0.25, 0.3) is 21.9 Å². The monoisotopic (exact) mass is 214 g/mol. The van der Waals surface area contributed by atoms with Crippen LogP contribution in [0.5, 0.6) is 0 Å². The van der Waals surface area contributed by atoms with Crippen molar-refractivity contribution < 1.29 is 4.42 Å². The van der Waals surface area contributed by atoms with Gasteiger partial charge in [-0.15, -0.1) is 12.6 Å². The second-order valence-electron chi connectivity index (χ2n) is 3.70. The van der Waals surface area contributed by atoms with Crippen LogP contribution in [-0.2, 0) is 0 Å². The molecule has 0 bridgehead atoms. The Morgan fingerprint density at radius 1 is 1.00 bits per heavy atom. The van der Waals surface area contributed by atoms with Crippen LogP contribution >= 0.6 is 12.6 Å². The normalized spacial score (nSPS) is 11.3. The molecular weight excluding hydrogens is 204 g/mol. The molecule has 0 N–H and O–H groups in total. The summed E-state index contributed by atoms with van der Waals surface area (Å²) < 4.78 is 5.74. The van der Waals surface area contributed by atoms with Crippen molar-refractivity contribution in [1.29, 1.82) is 0 Å². The average Bonchev–Trinajstić information content (AvgIpc) is 2.62. The maximum absolute atomic E-state index is 5.74. The fourth-order valence-electron chi connectivity index (χ4n) is 1.90. The summed E-state index contributed by atoms with van der Waals surface area (Å²) >= 11 is 4.55. The Morgan fingerprint density at radius 2 is 1.80 bits per heavy atom. The molecule has 0 radical (unpaired) electrons. The summed E-state index contributed by atoms with van der Waals surface area (Å²) in [5.41, 5.74) is 3.01. The first-order valence-corrected chi connectivity index (χ1v) is 5.32. The molecule has 2 aromatic carbocycles. The van der Waals surface area contributed by atoms with Gasteiger partial charge in [0.05, 0.1) is 0 Å². The predicted molar refractivity (Wildman–Crippen MR) is 65.7 cm³/mol. The molecular formula is C13H10OS. The lowest BCUT2D eigenvalue weighted by molar-refractivity contribution is 0.668. The minimum atomic E-state index is 0.909. The molecule has 15 heavy (non-hydrogen) atoms. The van der Waals surface area contributed by atoms with Gasteiger partial charge in [-0.2, -0.15) is 0 Å². The molecule has 0 spiro atoms. The number of aryl methyl sites for hydroxylation is 1. The van der Waals surface area contributed by atoms with Gasteiger partial charge in [-0.05, 0) is 24.6 Å². The molecule has 74 valence electrons. The van der Waals surface area contributed by atoms with Crippen LogP contribution in [0.1, 0.15) is 5.56 Å². The summed E-state index contributed by atoms with van der Waals surface area (Å²) in [6.45, 7) is 2.06. The summed E-state index contributed by atoms with van der Waals surface area (Å²) in [4.78, 5) is 1.01. The van der Waals surface area contributed by atoms with E-state index in [4.69, 9.17) is 4.42 Å². The van der Waals surface area contributed by atoms with E-state index in [1.807, 2.05) is 30.3 Å². The third-order valence-corrected chi connectivity index (χ3v) is 3.29. The fraction of sp³-hybridized carbons (Fsp3) is 0.0769. The smallest absolute Gasteiger partial charge is 0.136 e. The maximum Gasteiger partial charge on any atom is 0.136 e. The van der Waals surface area contributed by atoms with E-state index >= 15 is 0 Å². The zero-order valence-corrected chi connectivity index (χ0v) is 9.21. The highest BCUT2D eigenvalue weighted by atomic mass is 32.1. The van der Waals surface area contributed by atoms with E-state index in [1.165, 1.54) is 5.56 Å². The van der Waals surface area contributed by atoms with Gasteiger partial charge >= 0.3 is 0 Å². The average molecular weight is 214 g/mol. The summed E-state index contributed by atoms with van der Waals surface area (Å²) in [6.07, 6.45) is 0. The minimum Gasteiger partial charge on any atom is -0.456 e. The summed E-state index contributed by atoms with van der Waals surface area (Å²) in [7, 11) is 0. The summed E-state index contributed by atoms with van der Waals surface area (Å²) in [6, 6.07) is 12.1. The molecule has 1 heterocycles. The Bertz CT molecular complexity index is 652. The molecule has 0 saturated carbocycles. The Kier molecular flexibility index (Phi) is 1.80. The number of hydrogen-bond acceptors (Lipinski definition) is 2. The zero-order chi connectivity index (χ0) is 10.4. The molecule has 0 aliphatic rings. The molecule has 2 heteroatoms. The lowest BCUT2D eigenvalue weighted by atomic mass is 10.1. The standard InChI is InChI=1S/C13H10OS/c1-8-6-7-11-12(13(8)15)9-4-2-3-5-10(9)14-11/h2-7,15H,1H3. The number of hydrogen-bond donors (Lipinski definition) is 1. The Balaban J connectivity index is 2.63. The Labute approximate surface area is 93.1 Å². The second kappa shape index (κ2) is 3.04. The van der Waals surface area contributed by atoms with E-state index in [0.29, 0.717) is 0 Å². The van der Waals surface area contributed by atoms with Crippen LogP contribution < -0.4 is 0 Å². The largest absolute Gasteiger partial charge is 0.456 e. The van der Waals surface area contributed by atoms with Gasteiger partial charge in [0.1, 0.15) is 11.2 Å². The van der Waals surface area contributed by atoms with Gasteiger partial charge in [-0.25, -0.2) is 0 Å². The number of benzene rings is 2. The first kappa shape index (κ1) is 8.86. The molecule has 3 rings (SSSR count). The van der Waals surface area contributed by atoms with E-state index in [9.17, 15) is 0 Å². The lowest BCUT2D eigenvalue weighted by Gasteiger charge is -1.98. The van der Waals surface area contributed by atoms with Crippen LogP contribution in [0.3, 0.4) is 0 Å². The van der Waals surface area contributed by atoms with E-state index in [1.54, 1.807) is 0 Å². The van der Waals surface area contributed by atoms with Gasteiger partial charge in [0, 0.05) is 15.7 Å². The van der Waals surface area contributed by atoms with Gasteiger partial charge < -0.3 is 4.42 Å². The summed E-state index contributed by atoms with van der Waals surface area (Å²) in [5.74, 6) is 0. The van der Waals surface area contributed by atoms with Crippen molar-refractivity contribution in [2.45, 2.75) is 11.8 Å². The maximum atomic E-state index is 5.74. The molecule has 0 aliphatic heterocycles. The number of para-hydroxylation sites is 1. The number of fused-ring (bicyclic) bond motifs is 3. The van der Waals surface area contributed by atoms with Crippen LogP contribution in [0.2, 0.25) is 0 Å². The van der Waals surface area contributed by atoms with Gasteiger partial charge in [-0.3, -0.25) is 0 Å². The SMILES string of the molecule is Cc1ccc2oc3ccccc3c2c1S. The molecule has 3 aromatic rings. The Hall–Kier alpha value is -1.41. The number of rotatable bonds is 0. The van der Waals surface area contributed by atoms with Gasteiger partial charge in [0.25, 0.3) is 0 Å². The molecule has 0 aliphatic carbocycles. The molecule has 0 unspecified atom stereocenters. The molecule has 1 nitrogen and oxygen atoms in total. The topological polar surface area (TPSA) is 13.1 Å². The minimum absolute atomic E-state index is 0.909.